The van der Waals surface area contributed by atoms with Gasteiger partial charge in [0.05, 0.1) is 12.1 Å². The van der Waals surface area contributed by atoms with Gasteiger partial charge in [0.2, 0.25) is 11.8 Å². The second kappa shape index (κ2) is 10.9. The van der Waals surface area contributed by atoms with E-state index in [1.54, 1.807) is 0 Å². The molecule has 0 spiro atoms. The second-order valence-electron chi connectivity index (χ2n) is 6.86. The number of rotatable bonds is 7. The molecule has 0 aromatic heterocycles. The minimum absolute atomic E-state index is 0. The maximum Gasteiger partial charge on any atom is 0.237 e. The Bertz CT molecular complexity index is 402. The summed E-state index contributed by atoms with van der Waals surface area (Å²) < 4.78 is 0. The Balaban J connectivity index is 0.00000288. The van der Waals surface area contributed by atoms with Crippen LogP contribution >= 0.6 is 12.4 Å². The molecule has 3 atom stereocenters. The molecule has 140 valence electrons. The lowest BCUT2D eigenvalue weighted by Gasteiger charge is -2.36. The number of halogens is 1. The molecule has 0 aromatic rings. The van der Waals surface area contributed by atoms with E-state index in [0.29, 0.717) is 5.92 Å². The van der Waals surface area contributed by atoms with Crippen molar-refractivity contribution in [3.63, 3.8) is 0 Å². The lowest BCUT2D eigenvalue weighted by atomic mass is 9.96. The molecule has 2 saturated heterocycles. The third-order valence-electron chi connectivity index (χ3n) is 4.97. The van der Waals surface area contributed by atoms with Crippen LogP contribution in [-0.4, -0.2) is 61.5 Å². The van der Waals surface area contributed by atoms with Crippen molar-refractivity contribution in [2.24, 2.45) is 5.92 Å². The third kappa shape index (κ3) is 6.22. The maximum atomic E-state index is 12.1. The first-order chi connectivity index (χ1) is 11.1. The van der Waals surface area contributed by atoms with Gasteiger partial charge in [0.25, 0.3) is 0 Å². The lowest BCUT2D eigenvalue weighted by molar-refractivity contribution is -0.127. The molecule has 0 aliphatic carbocycles. The predicted octanol–water partition coefficient (Wildman–Crippen LogP) is 0.903. The van der Waals surface area contributed by atoms with Crippen LogP contribution in [0.4, 0.5) is 0 Å². The molecule has 0 radical (unpaired) electrons. The summed E-state index contributed by atoms with van der Waals surface area (Å²) in [6.45, 7) is 8.30. The van der Waals surface area contributed by atoms with Crippen molar-refractivity contribution in [3.8, 4) is 0 Å². The van der Waals surface area contributed by atoms with Crippen LogP contribution in [0.2, 0.25) is 0 Å². The van der Waals surface area contributed by atoms with E-state index < -0.39 is 0 Å². The minimum Gasteiger partial charge on any atom is -0.355 e. The second-order valence-corrected chi connectivity index (χ2v) is 6.86. The van der Waals surface area contributed by atoms with E-state index in [0.717, 1.165) is 64.8 Å². The first-order valence-corrected chi connectivity index (χ1v) is 9.14. The zero-order chi connectivity index (χ0) is 16.7. The molecule has 24 heavy (non-hydrogen) atoms. The van der Waals surface area contributed by atoms with E-state index in [1.807, 2.05) is 6.92 Å². The van der Waals surface area contributed by atoms with Crippen molar-refractivity contribution < 1.29 is 9.59 Å². The van der Waals surface area contributed by atoms with Crippen LogP contribution in [0.5, 0.6) is 0 Å². The summed E-state index contributed by atoms with van der Waals surface area (Å²) in [6, 6.07) is -0.0926. The number of carbonyl (C=O) groups excluding carboxylic acids is 2. The van der Waals surface area contributed by atoms with Crippen LogP contribution in [0.15, 0.2) is 0 Å². The van der Waals surface area contributed by atoms with Crippen molar-refractivity contribution in [2.45, 2.75) is 58.0 Å². The van der Waals surface area contributed by atoms with Gasteiger partial charge in [-0.2, -0.15) is 0 Å². The largest absolute Gasteiger partial charge is 0.355 e. The number of hydrogen-bond acceptors (Lipinski definition) is 4. The standard InChI is InChI=1S/C17H32N4O2.ClH/c1-3-8-19-16(22)13(2)21-10-5-6-14(12-21)11-20-17(23)15-7-4-9-18-15;/h13-15,18H,3-12H2,1-2H3,(H,19,22)(H,20,23);1H. The highest BCUT2D eigenvalue weighted by Gasteiger charge is 2.28. The van der Waals surface area contributed by atoms with Crippen LogP contribution in [0.1, 0.15) is 46.0 Å². The van der Waals surface area contributed by atoms with Crippen molar-refractivity contribution in [1.82, 2.24) is 20.9 Å². The molecule has 0 bridgehead atoms. The zero-order valence-electron chi connectivity index (χ0n) is 15.0. The lowest BCUT2D eigenvalue weighted by Crippen LogP contribution is -2.51. The van der Waals surface area contributed by atoms with Gasteiger partial charge < -0.3 is 16.0 Å². The topological polar surface area (TPSA) is 73.5 Å². The van der Waals surface area contributed by atoms with Gasteiger partial charge in [-0.1, -0.05) is 6.92 Å². The summed E-state index contributed by atoms with van der Waals surface area (Å²) in [7, 11) is 0. The van der Waals surface area contributed by atoms with Gasteiger partial charge in [-0.05, 0) is 58.0 Å². The summed E-state index contributed by atoms with van der Waals surface area (Å²) in [5.41, 5.74) is 0. The van der Waals surface area contributed by atoms with Gasteiger partial charge in [-0.3, -0.25) is 14.5 Å². The van der Waals surface area contributed by atoms with Gasteiger partial charge in [-0.25, -0.2) is 0 Å². The predicted molar refractivity (Wildman–Crippen MR) is 98.3 cm³/mol. The SMILES string of the molecule is CCCNC(=O)C(C)N1CCCC(CNC(=O)C2CCCN2)C1.Cl. The van der Waals surface area contributed by atoms with Gasteiger partial charge in [-0.15, -0.1) is 12.4 Å². The van der Waals surface area contributed by atoms with Crippen LogP contribution < -0.4 is 16.0 Å². The summed E-state index contributed by atoms with van der Waals surface area (Å²) in [5.74, 6) is 0.690. The zero-order valence-corrected chi connectivity index (χ0v) is 15.8. The Morgan fingerprint density at radius 3 is 2.71 bits per heavy atom. The Kier molecular flexibility index (Phi) is 9.63. The Morgan fingerprint density at radius 1 is 1.25 bits per heavy atom. The molecular formula is C17H33ClN4O2. The van der Waals surface area contributed by atoms with Crippen molar-refractivity contribution >= 4 is 24.2 Å². The number of piperidine rings is 1. The quantitative estimate of drug-likeness (QED) is 0.630. The van der Waals surface area contributed by atoms with Crippen LogP contribution in [-0.2, 0) is 9.59 Å². The third-order valence-corrected chi connectivity index (χ3v) is 4.97. The number of nitrogens with zero attached hydrogens (tertiary/aromatic N) is 1. The molecule has 2 rings (SSSR count). The minimum atomic E-state index is -0.0865. The van der Waals surface area contributed by atoms with Crippen molar-refractivity contribution in [1.29, 1.82) is 0 Å². The fourth-order valence-electron chi connectivity index (χ4n) is 3.45. The molecule has 6 nitrogen and oxygen atoms in total. The molecule has 2 aliphatic heterocycles. The maximum absolute atomic E-state index is 12.1. The molecule has 3 N–H and O–H groups in total. The van der Waals surface area contributed by atoms with Gasteiger partial charge >= 0.3 is 0 Å². The van der Waals surface area contributed by atoms with Crippen LogP contribution in [0.3, 0.4) is 0 Å². The van der Waals surface area contributed by atoms with E-state index in [-0.39, 0.29) is 36.3 Å². The molecular weight excluding hydrogens is 328 g/mol. The number of nitrogens with one attached hydrogen (secondary N) is 3. The molecule has 2 heterocycles. The van der Waals surface area contributed by atoms with E-state index in [2.05, 4.69) is 27.8 Å². The first-order valence-electron chi connectivity index (χ1n) is 9.14. The number of amides is 2. The summed E-state index contributed by atoms with van der Waals surface area (Å²) in [6.07, 6.45) is 5.20. The van der Waals surface area contributed by atoms with Crippen molar-refractivity contribution in [2.75, 3.05) is 32.7 Å². The smallest absolute Gasteiger partial charge is 0.237 e. The Hall–Kier alpha value is -0.850. The Morgan fingerprint density at radius 2 is 2.04 bits per heavy atom. The van der Waals surface area contributed by atoms with E-state index in [9.17, 15) is 9.59 Å². The fraction of sp³-hybridized carbons (Fsp3) is 0.882. The van der Waals surface area contributed by atoms with Gasteiger partial charge in [0.15, 0.2) is 0 Å². The average Bonchev–Trinajstić information content (AvgIpc) is 3.11. The average molecular weight is 361 g/mol. The molecule has 0 saturated carbocycles. The number of hydrogen-bond donors (Lipinski definition) is 3. The number of carbonyl (C=O) groups is 2. The van der Waals surface area contributed by atoms with Crippen LogP contribution in [0.25, 0.3) is 0 Å². The molecule has 2 fully saturated rings. The highest BCUT2D eigenvalue weighted by molar-refractivity contribution is 5.85. The normalized spacial score (nSPS) is 25.6. The van der Waals surface area contributed by atoms with E-state index in [4.69, 9.17) is 0 Å². The van der Waals surface area contributed by atoms with Crippen LogP contribution in [0, 0.1) is 5.92 Å². The Labute approximate surface area is 151 Å². The van der Waals surface area contributed by atoms with Crippen molar-refractivity contribution in [3.05, 3.63) is 0 Å². The molecule has 0 aromatic carbocycles. The molecule has 3 unspecified atom stereocenters. The molecule has 7 heteroatoms. The first kappa shape index (κ1) is 21.2. The number of likely N-dealkylation sites (tertiary alicyclic amines) is 1. The highest BCUT2D eigenvalue weighted by atomic mass is 35.5. The monoisotopic (exact) mass is 360 g/mol. The summed E-state index contributed by atoms with van der Waals surface area (Å²) in [5, 5.41) is 9.29. The van der Waals surface area contributed by atoms with E-state index in [1.165, 1.54) is 0 Å². The van der Waals surface area contributed by atoms with Gasteiger partial charge in [0, 0.05) is 19.6 Å². The van der Waals surface area contributed by atoms with Gasteiger partial charge in [0.1, 0.15) is 0 Å². The molecule has 2 amide bonds. The fourth-order valence-corrected chi connectivity index (χ4v) is 3.45. The van der Waals surface area contributed by atoms with E-state index >= 15 is 0 Å². The summed E-state index contributed by atoms with van der Waals surface area (Å²) in [4.78, 5) is 26.4. The summed E-state index contributed by atoms with van der Waals surface area (Å²) >= 11 is 0. The highest BCUT2D eigenvalue weighted by Crippen LogP contribution is 2.18. The molecule has 2 aliphatic rings.